The fourth-order valence-electron chi connectivity index (χ4n) is 1.25. The van der Waals surface area contributed by atoms with E-state index in [0.29, 0.717) is 12.0 Å². The van der Waals surface area contributed by atoms with Crippen LogP contribution in [0.15, 0.2) is 16.9 Å². The van der Waals surface area contributed by atoms with Gasteiger partial charge in [-0.15, -0.1) is 0 Å². The van der Waals surface area contributed by atoms with Gasteiger partial charge in [-0.2, -0.15) is 0 Å². The summed E-state index contributed by atoms with van der Waals surface area (Å²) in [7, 11) is 0. The molecule has 0 radical (unpaired) electrons. The van der Waals surface area contributed by atoms with Crippen LogP contribution in [0.3, 0.4) is 0 Å². The first-order valence-corrected chi connectivity index (χ1v) is 4.66. The molecule has 0 saturated heterocycles. The van der Waals surface area contributed by atoms with E-state index in [-0.39, 0.29) is 12.1 Å². The summed E-state index contributed by atoms with van der Waals surface area (Å²) < 4.78 is 0. The molecule has 1 rings (SSSR count). The van der Waals surface area contributed by atoms with Crippen LogP contribution in [0.2, 0.25) is 0 Å². The maximum atomic E-state index is 11.4. The average Bonchev–Trinajstić information content (AvgIpc) is 2.17. The van der Waals surface area contributed by atoms with Crippen LogP contribution >= 0.6 is 0 Å². The Labute approximate surface area is 82.3 Å². The van der Waals surface area contributed by atoms with Gasteiger partial charge in [0, 0.05) is 17.8 Å². The first-order valence-electron chi connectivity index (χ1n) is 4.66. The van der Waals surface area contributed by atoms with Crippen molar-refractivity contribution < 1.29 is 4.79 Å². The summed E-state index contributed by atoms with van der Waals surface area (Å²) in [5.74, 6) is 0. The van der Waals surface area contributed by atoms with Gasteiger partial charge in [-0.3, -0.25) is 9.59 Å². The molecule has 0 unspecified atom stereocenters. The molecular weight excluding hydrogens is 180 g/mol. The SMILES string of the molecule is CCCc1ccc(CNC=O)c(=O)[nH]1. The van der Waals surface area contributed by atoms with Gasteiger partial charge in [0.2, 0.25) is 6.41 Å². The number of hydrogen-bond donors (Lipinski definition) is 2. The number of aromatic amines is 1. The summed E-state index contributed by atoms with van der Waals surface area (Å²) in [4.78, 5) is 24.2. The molecule has 76 valence electrons. The van der Waals surface area contributed by atoms with Crippen LogP contribution in [0.1, 0.15) is 24.6 Å². The van der Waals surface area contributed by atoms with Gasteiger partial charge in [-0.05, 0) is 12.5 Å². The molecule has 0 spiro atoms. The van der Waals surface area contributed by atoms with Crippen LogP contribution in [0.4, 0.5) is 0 Å². The highest BCUT2D eigenvalue weighted by atomic mass is 16.1. The number of amides is 1. The van der Waals surface area contributed by atoms with E-state index in [1.54, 1.807) is 6.07 Å². The Morgan fingerprint density at radius 2 is 2.29 bits per heavy atom. The first-order chi connectivity index (χ1) is 6.77. The van der Waals surface area contributed by atoms with E-state index in [2.05, 4.69) is 17.2 Å². The van der Waals surface area contributed by atoms with Gasteiger partial charge >= 0.3 is 0 Å². The third kappa shape index (κ3) is 2.73. The maximum absolute atomic E-state index is 11.4. The molecule has 0 aliphatic heterocycles. The zero-order chi connectivity index (χ0) is 10.4. The number of carbonyl (C=O) groups is 1. The van der Waals surface area contributed by atoms with Crippen molar-refractivity contribution in [3.05, 3.63) is 33.7 Å². The van der Waals surface area contributed by atoms with Gasteiger partial charge in [0.25, 0.3) is 5.56 Å². The van der Waals surface area contributed by atoms with Gasteiger partial charge < -0.3 is 10.3 Å². The topological polar surface area (TPSA) is 62.0 Å². The molecule has 0 bridgehead atoms. The summed E-state index contributed by atoms with van der Waals surface area (Å²) in [6, 6.07) is 3.63. The van der Waals surface area contributed by atoms with Crippen molar-refractivity contribution in [3.8, 4) is 0 Å². The van der Waals surface area contributed by atoms with E-state index >= 15 is 0 Å². The van der Waals surface area contributed by atoms with E-state index in [9.17, 15) is 9.59 Å². The van der Waals surface area contributed by atoms with Crippen molar-refractivity contribution in [2.45, 2.75) is 26.3 Å². The Balaban J connectivity index is 2.79. The number of aryl methyl sites for hydroxylation is 1. The van der Waals surface area contributed by atoms with E-state index < -0.39 is 0 Å². The summed E-state index contributed by atoms with van der Waals surface area (Å²) in [6.07, 6.45) is 2.46. The number of nitrogens with one attached hydrogen (secondary N) is 2. The minimum Gasteiger partial charge on any atom is -0.354 e. The van der Waals surface area contributed by atoms with Crippen molar-refractivity contribution in [1.82, 2.24) is 10.3 Å². The summed E-state index contributed by atoms with van der Waals surface area (Å²) in [5, 5.41) is 2.46. The normalized spacial score (nSPS) is 9.79. The minimum atomic E-state index is -0.120. The number of aromatic nitrogens is 1. The molecular formula is C10H14N2O2. The average molecular weight is 194 g/mol. The standard InChI is InChI=1S/C10H14N2O2/c1-2-3-9-5-4-8(6-11-7-13)10(14)12-9/h4-5,7H,2-3,6H2,1H3,(H,11,13)(H,12,14). The van der Waals surface area contributed by atoms with Crippen molar-refractivity contribution in [2.75, 3.05) is 0 Å². The lowest BCUT2D eigenvalue weighted by Crippen LogP contribution is -2.20. The van der Waals surface area contributed by atoms with Gasteiger partial charge in [0.05, 0.1) is 0 Å². The molecule has 0 fully saturated rings. The van der Waals surface area contributed by atoms with Crippen molar-refractivity contribution in [1.29, 1.82) is 0 Å². The van der Waals surface area contributed by atoms with Crippen LogP contribution < -0.4 is 10.9 Å². The first kappa shape index (κ1) is 10.5. The zero-order valence-corrected chi connectivity index (χ0v) is 8.17. The van der Waals surface area contributed by atoms with Crippen molar-refractivity contribution >= 4 is 6.41 Å². The molecule has 0 aliphatic carbocycles. The quantitative estimate of drug-likeness (QED) is 0.673. The number of rotatable bonds is 5. The van der Waals surface area contributed by atoms with Gasteiger partial charge in [0.15, 0.2) is 0 Å². The number of hydrogen-bond acceptors (Lipinski definition) is 2. The minimum absolute atomic E-state index is 0.120. The highest BCUT2D eigenvalue weighted by Gasteiger charge is 1.99. The molecule has 0 aliphatic rings. The van der Waals surface area contributed by atoms with Gasteiger partial charge in [-0.1, -0.05) is 19.4 Å². The summed E-state index contributed by atoms with van der Waals surface area (Å²) in [5.41, 5.74) is 1.40. The predicted molar refractivity (Wildman–Crippen MR) is 54.0 cm³/mol. The molecule has 4 heteroatoms. The highest BCUT2D eigenvalue weighted by molar-refractivity contribution is 5.46. The predicted octanol–water partition coefficient (Wildman–Crippen LogP) is 0.573. The third-order valence-corrected chi connectivity index (χ3v) is 1.95. The summed E-state index contributed by atoms with van der Waals surface area (Å²) in [6.45, 7) is 2.34. The van der Waals surface area contributed by atoms with Gasteiger partial charge in [-0.25, -0.2) is 0 Å². The number of carbonyl (C=O) groups excluding carboxylic acids is 1. The van der Waals surface area contributed by atoms with E-state index in [1.807, 2.05) is 6.07 Å². The van der Waals surface area contributed by atoms with E-state index in [0.717, 1.165) is 18.5 Å². The second-order valence-corrected chi connectivity index (χ2v) is 3.09. The molecule has 0 atom stereocenters. The maximum Gasteiger partial charge on any atom is 0.253 e. The fourth-order valence-corrected chi connectivity index (χ4v) is 1.25. The molecule has 1 aromatic rings. The Bertz CT molecular complexity index is 357. The Morgan fingerprint density at radius 3 is 2.86 bits per heavy atom. The monoisotopic (exact) mass is 194 g/mol. The molecule has 1 aromatic heterocycles. The largest absolute Gasteiger partial charge is 0.354 e. The number of H-pyrrole nitrogens is 1. The van der Waals surface area contributed by atoms with Crippen LogP contribution in [-0.4, -0.2) is 11.4 Å². The summed E-state index contributed by atoms with van der Waals surface area (Å²) >= 11 is 0. The smallest absolute Gasteiger partial charge is 0.253 e. The Hall–Kier alpha value is -1.58. The molecule has 4 nitrogen and oxygen atoms in total. The van der Waals surface area contributed by atoms with E-state index in [1.165, 1.54) is 0 Å². The lowest BCUT2D eigenvalue weighted by atomic mass is 10.2. The molecule has 1 amide bonds. The van der Waals surface area contributed by atoms with Crippen molar-refractivity contribution in [2.24, 2.45) is 0 Å². The van der Waals surface area contributed by atoms with E-state index in [4.69, 9.17) is 0 Å². The molecule has 2 N–H and O–H groups in total. The second kappa shape index (κ2) is 5.21. The van der Waals surface area contributed by atoms with Gasteiger partial charge in [0.1, 0.15) is 0 Å². The zero-order valence-electron chi connectivity index (χ0n) is 8.17. The second-order valence-electron chi connectivity index (χ2n) is 3.09. The third-order valence-electron chi connectivity index (χ3n) is 1.95. The lowest BCUT2D eigenvalue weighted by molar-refractivity contribution is -0.109. The molecule has 0 saturated carbocycles. The Kier molecular flexibility index (Phi) is 3.91. The highest BCUT2D eigenvalue weighted by Crippen LogP contribution is 1.98. The van der Waals surface area contributed by atoms with Crippen LogP contribution in [0, 0.1) is 0 Å². The number of pyridine rings is 1. The lowest BCUT2D eigenvalue weighted by Gasteiger charge is -2.01. The van der Waals surface area contributed by atoms with Crippen LogP contribution in [0.5, 0.6) is 0 Å². The fraction of sp³-hybridized carbons (Fsp3) is 0.400. The molecule has 1 heterocycles. The Morgan fingerprint density at radius 1 is 1.50 bits per heavy atom. The molecule has 14 heavy (non-hydrogen) atoms. The molecule has 0 aromatic carbocycles. The van der Waals surface area contributed by atoms with Crippen molar-refractivity contribution in [3.63, 3.8) is 0 Å². The van der Waals surface area contributed by atoms with Crippen LogP contribution in [-0.2, 0) is 17.8 Å². The van der Waals surface area contributed by atoms with Crippen LogP contribution in [0.25, 0.3) is 0 Å².